The number of anilines is 1. The molecule has 4 nitrogen and oxygen atoms in total. The first kappa shape index (κ1) is 14.6. The molecule has 1 fully saturated rings. The van der Waals surface area contributed by atoms with E-state index in [2.05, 4.69) is 22.9 Å². The number of nitriles is 1. The van der Waals surface area contributed by atoms with Gasteiger partial charge in [0, 0.05) is 16.1 Å². The van der Waals surface area contributed by atoms with Crippen LogP contribution in [0.15, 0.2) is 53.4 Å². The third-order valence-corrected chi connectivity index (χ3v) is 4.86. The van der Waals surface area contributed by atoms with Crippen molar-refractivity contribution in [2.45, 2.75) is 23.1 Å². The van der Waals surface area contributed by atoms with E-state index in [1.54, 1.807) is 0 Å². The zero-order chi connectivity index (χ0) is 15.6. The highest BCUT2D eigenvalue weighted by Crippen LogP contribution is 2.45. The molecule has 2 aromatic carbocycles. The summed E-state index contributed by atoms with van der Waals surface area (Å²) in [5.74, 6) is 0. The highest BCUT2D eigenvalue weighted by molar-refractivity contribution is 8.03. The number of nitrogens with one attached hydrogen (secondary N) is 1. The number of hydrogen-bond donors (Lipinski definition) is 1. The van der Waals surface area contributed by atoms with Crippen LogP contribution in [0.25, 0.3) is 0 Å². The summed E-state index contributed by atoms with van der Waals surface area (Å²) in [4.78, 5) is 0.930. The third kappa shape index (κ3) is 2.70. The SMILES string of the molecule is N#CSc1ccc2c(c1)[C@H]1OCCO[C@H]1[C@H](c1ccccc1)N2. The maximum atomic E-state index is 8.89. The Balaban J connectivity index is 1.75. The molecule has 116 valence electrons. The smallest absolute Gasteiger partial charge is 0.138 e. The first-order valence-electron chi connectivity index (χ1n) is 7.61. The molecule has 0 radical (unpaired) electrons. The van der Waals surface area contributed by atoms with Crippen LogP contribution < -0.4 is 5.32 Å². The van der Waals surface area contributed by atoms with Gasteiger partial charge in [0.1, 0.15) is 17.6 Å². The second-order valence-electron chi connectivity index (χ2n) is 5.60. The fourth-order valence-corrected chi connectivity index (χ4v) is 3.71. The lowest BCUT2D eigenvalue weighted by molar-refractivity contribution is -0.151. The topological polar surface area (TPSA) is 54.3 Å². The third-order valence-electron chi connectivity index (χ3n) is 4.28. The standard InChI is InChI=1S/C18H16N2O2S/c19-11-23-13-6-7-15-14(10-13)17-18(22-9-8-21-17)16(20-15)12-4-2-1-3-5-12/h1-7,10,16-18,20H,8-9H2/t16-,17+,18-/m0/s1. The molecule has 23 heavy (non-hydrogen) atoms. The van der Waals surface area contributed by atoms with E-state index in [1.165, 1.54) is 17.3 Å². The summed E-state index contributed by atoms with van der Waals surface area (Å²) in [5.41, 5.74) is 3.31. The van der Waals surface area contributed by atoms with Gasteiger partial charge in [0.2, 0.25) is 0 Å². The lowest BCUT2D eigenvalue weighted by Crippen LogP contribution is -2.43. The Labute approximate surface area is 139 Å². The molecule has 0 saturated carbocycles. The molecule has 2 heterocycles. The minimum Gasteiger partial charge on any atom is -0.375 e. The molecule has 1 saturated heterocycles. The summed E-state index contributed by atoms with van der Waals surface area (Å²) in [6.45, 7) is 1.20. The summed E-state index contributed by atoms with van der Waals surface area (Å²) in [6.07, 6.45) is -0.176. The fraction of sp³-hybridized carbons (Fsp3) is 0.278. The zero-order valence-electron chi connectivity index (χ0n) is 12.4. The number of hydrogen-bond acceptors (Lipinski definition) is 5. The number of thioether (sulfide) groups is 1. The van der Waals surface area contributed by atoms with E-state index in [1.807, 2.05) is 36.4 Å². The lowest BCUT2D eigenvalue weighted by Gasteiger charge is -2.43. The largest absolute Gasteiger partial charge is 0.375 e. The van der Waals surface area contributed by atoms with Gasteiger partial charge in [-0.2, -0.15) is 5.26 Å². The number of ether oxygens (including phenoxy) is 2. The van der Waals surface area contributed by atoms with Gasteiger partial charge in [-0.05, 0) is 35.5 Å². The minimum atomic E-state index is -0.107. The summed E-state index contributed by atoms with van der Waals surface area (Å²) < 4.78 is 12.1. The van der Waals surface area contributed by atoms with Crippen molar-refractivity contribution in [1.29, 1.82) is 5.26 Å². The Morgan fingerprint density at radius 1 is 1.09 bits per heavy atom. The molecule has 0 spiro atoms. The van der Waals surface area contributed by atoms with Crippen molar-refractivity contribution < 1.29 is 9.47 Å². The van der Waals surface area contributed by atoms with Crippen LogP contribution in [0.1, 0.15) is 23.3 Å². The Bertz CT molecular complexity index is 744. The van der Waals surface area contributed by atoms with Crippen LogP contribution in [0.2, 0.25) is 0 Å². The van der Waals surface area contributed by atoms with Gasteiger partial charge in [-0.15, -0.1) is 0 Å². The maximum absolute atomic E-state index is 8.89. The molecule has 0 amide bonds. The Hall–Kier alpha value is -2.00. The average molecular weight is 324 g/mol. The van der Waals surface area contributed by atoms with E-state index in [9.17, 15) is 0 Å². The molecule has 0 bridgehead atoms. The van der Waals surface area contributed by atoms with E-state index >= 15 is 0 Å². The van der Waals surface area contributed by atoms with Gasteiger partial charge < -0.3 is 14.8 Å². The normalized spacial score (nSPS) is 25.6. The van der Waals surface area contributed by atoms with Crippen LogP contribution in [0.3, 0.4) is 0 Å². The van der Waals surface area contributed by atoms with Crippen LogP contribution in [0.4, 0.5) is 5.69 Å². The predicted octanol–water partition coefficient (Wildman–Crippen LogP) is 3.88. The number of thiocyanates is 1. The molecule has 3 atom stereocenters. The van der Waals surface area contributed by atoms with Crippen molar-refractivity contribution in [2.75, 3.05) is 18.5 Å². The van der Waals surface area contributed by atoms with Gasteiger partial charge in [-0.25, -0.2) is 0 Å². The molecule has 2 aliphatic rings. The highest BCUT2D eigenvalue weighted by atomic mass is 32.2. The van der Waals surface area contributed by atoms with Crippen molar-refractivity contribution in [3.05, 3.63) is 59.7 Å². The Kier molecular flexibility index (Phi) is 3.96. The first-order valence-corrected chi connectivity index (χ1v) is 8.43. The molecule has 0 aliphatic carbocycles. The van der Waals surface area contributed by atoms with Gasteiger partial charge in [0.15, 0.2) is 0 Å². The Morgan fingerprint density at radius 2 is 1.91 bits per heavy atom. The van der Waals surface area contributed by atoms with Gasteiger partial charge in [0.25, 0.3) is 0 Å². The van der Waals surface area contributed by atoms with Gasteiger partial charge in [0.05, 0.1) is 19.3 Å². The molecular weight excluding hydrogens is 308 g/mol. The van der Waals surface area contributed by atoms with Crippen LogP contribution in [-0.2, 0) is 9.47 Å². The number of benzene rings is 2. The van der Waals surface area contributed by atoms with Crippen molar-refractivity contribution in [2.24, 2.45) is 0 Å². The van der Waals surface area contributed by atoms with Crippen molar-refractivity contribution in [3.63, 3.8) is 0 Å². The van der Waals surface area contributed by atoms with Crippen LogP contribution >= 0.6 is 11.8 Å². The van der Waals surface area contributed by atoms with E-state index in [0.29, 0.717) is 13.2 Å². The Morgan fingerprint density at radius 3 is 2.74 bits per heavy atom. The summed E-state index contributed by atoms with van der Waals surface area (Å²) >= 11 is 1.17. The second kappa shape index (κ2) is 6.25. The number of nitrogens with zero attached hydrogens (tertiary/aromatic N) is 1. The fourth-order valence-electron chi connectivity index (χ4n) is 3.29. The van der Waals surface area contributed by atoms with Gasteiger partial charge >= 0.3 is 0 Å². The van der Waals surface area contributed by atoms with E-state index in [4.69, 9.17) is 14.7 Å². The molecule has 2 aromatic rings. The molecule has 4 rings (SSSR count). The number of rotatable bonds is 2. The van der Waals surface area contributed by atoms with Crippen LogP contribution in [-0.4, -0.2) is 19.3 Å². The van der Waals surface area contributed by atoms with Crippen molar-refractivity contribution in [1.82, 2.24) is 0 Å². The monoisotopic (exact) mass is 324 g/mol. The zero-order valence-corrected chi connectivity index (χ0v) is 13.3. The van der Waals surface area contributed by atoms with E-state index in [-0.39, 0.29) is 18.2 Å². The number of fused-ring (bicyclic) bond motifs is 3. The summed E-state index contributed by atoms with van der Waals surface area (Å²) in [5, 5.41) is 14.6. The second-order valence-corrected chi connectivity index (χ2v) is 6.46. The van der Waals surface area contributed by atoms with Crippen LogP contribution in [0, 0.1) is 10.7 Å². The predicted molar refractivity (Wildman–Crippen MR) is 89.2 cm³/mol. The van der Waals surface area contributed by atoms with Gasteiger partial charge in [-0.1, -0.05) is 30.3 Å². The lowest BCUT2D eigenvalue weighted by atomic mass is 9.88. The van der Waals surface area contributed by atoms with E-state index in [0.717, 1.165) is 16.1 Å². The molecular formula is C18H16N2O2S. The molecule has 0 unspecified atom stereocenters. The van der Waals surface area contributed by atoms with Crippen molar-refractivity contribution >= 4 is 17.4 Å². The maximum Gasteiger partial charge on any atom is 0.138 e. The molecule has 2 aliphatic heterocycles. The molecule has 0 aromatic heterocycles. The highest BCUT2D eigenvalue weighted by Gasteiger charge is 2.41. The van der Waals surface area contributed by atoms with Crippen LogP contribution in [0.5, 0.6) is 0 Å². The van der Waals surface area contributed by atoms with Gasteiger partial charge in [-0.3, -0.25) is 0 Å². The first-order chi connectivity index (χ1) is 11.4. The molecule has 5 heteroatoms. The minimum absolute atomic E-state index is 0.0588. The summed E-state index contributed by atoms with van der Waals surface area (Å²) in [7, 11) is 0. The molecule has 1 N–H and O–H groups in total. The summed E-state index contributed by atoms with van der Waals surface area (Å²) in [6, 6.07) is 16.4. The van der Waals surface area contributed by atoms with E-state index < -0.39 is 0 Å². The average Bonchev–Trinajstić information content (AvgIpc) is 2.62. The van der Waals surface area contributed by atoms with Crippen molar-refractivity contribution in [3.8, 4) is 5.40 Å². The quantitative estimate of drug-likeness (QED) is 0.671.